The van der Waals surface area contributed by atoms with Crippen LogP contribution in [0.1, 0.15) is 0 Å². The lowest BCUT2D eigenvalue weighted by molar-refractivity contribution is -0.355. The van der Waals surface area contributed by atoms with Crippen molar-refractivity contribution in [3.63, 3.8) is 0 Å². The Morgan fingerprint density at radius 3 is 2.38 bits per heavy atom. The first-order valence-electron chi connectivity index (χ1n) is 3.19. The number of nitrogens with two attached hydrogens (primary N) is 2. The van der Waals surface area contributed by atoms with Gasteiger partial charge in [0.2, 0.25) is 0 Å². The Bertz CT molecular complexity index is 324. The molecule has 0 aromatic heterocycles. The van der Waals surface area contributed by atoms with E-state index in [-0.39, 0.29) is 22.9 Å². The predicted octanol–water partition coefficient (Wildman–Crippen LogP) is -3.02. The summed E-state index contributed by atoms with van der Waals surface area (Å²) in [6, 6.07) is 4.99. The zero-order valence-electron chi connectivity index (χ0n) is 6.52. The fourth-order valence-electron chi connectivity index (χ4n) is 0.749. The molecule has 13 heavy (non-hydrogen) atoms. The zero-order chi connectivity index (χ0) is 9.14. The number of guanidine groups is 1. The summed E-state index contributed by atoms with van der Waals surface area (Å²) in [4.78, 5) is 2.67. The van der Waals surface area contributed by atoms with E-state index in [9.17, 15) is 0 Å². The Balaban J connectivity index is 0.00000144. The van der Waals surface area contributed by atoms with Crippen LogP contribution in [0.3, 0.4) is 0 Å². The van der Waals surface area contributed by atoms with Gasteiger partial charge in [-0.3, -0.25) is 11.5 Å². The van der Waals surface area contributed by atoms with E-state index in [0.717, 1.165) is 0 Å². The molecule has 0 heterocycles. The third kappa shape index (κ3) is 3.85. The molecule has 0 fully saturated rings. The van der Waals surface area contributed by atoms with Gasteiger partial charge in [-0.05, 0) is 18.2 Å². The van der Waals surface area contributed by atoms with Crippen molar-refractivity contribution in [2.45, 2.75) is 0 Å². The minimum Gasteiger partial charge on any atom is -1.00 e. The van der Waals surface area contributed by atoms with Crippen molar-refractivity contribution in [1.29, 1.82) is 0 Å². The first kappa shape index (κ1) is 12.6. The van der Waals surface area contributed by atoms with Gasteiger partial charge in [0.1, 0.15) is 5.69 Å². The fraction of sp³-hybridized carbons (Fsp3) is 0. The summed E-state index contributed by atoms with van der Waals surface area (Å²) in [6.45, 7) is 0. The van der Waals surface area contributed by atoms with E-state index in [4.69, 9.17) is 34.7 Å². The van der Waals surface area contributed by atoms with Crippen molar-refractivity contribution in [3.05, 3.63) is 28.2 Å². The lowest BCUT2D eigenvalue weighted by Gasteiger charge is -1.96. The standard InChI is InChI=1S/C7H7Cl2N3.BrH/c8-4-1-2-5(9)6(3-4)12-7(10)11;/h1-3H,(H4,10,11,12);1H. The SMILES string of the molecule is NC(N)=[NH+]c1cc(Cl)ccc1Cl.[Br-]. The summed E-state index contributed by atoms with van der Waals surface area (Å²) in [7, 11) is 0. The highest BCUT2D eigenvalue weighted by molar-refractivity contribution is 6.34. The minimum absolute atomic E-state index is 0. The first-order chi connectivity index (χ1) is 5.59. The maximum atomic E-state index is 5.79. The highest BCUT2D eigenvalue weighted by atomic mass is 79.9. The zero-order valence-corrected chi connectivity index (χ0v) is 9.62. The van der Waals surface area contributed by atoms with E-state index < -0.39 is 0 Å². The number of benzene rings is 1. The van der Waals surface area contributed by atoms with Crippen molar-refractivity contribution in [3.8, 4) is 0 Å². The second kappa shape index (κ2) is 5.32. The molecule has 0 spiro atoms. The van der Waals surface area contributed by atoms with Gasteiger partial charge in [0.25, 0.3) is 0 Å². The Kier molecular flexibility index (Phi) is 5.13. The van der Waals surface area contributed by atoms with E-state index in [1.807, 2.05) is 0 Å². The van der Waals surface area contributed by atoms with Crippen molar-refractivity contribution in [2.24, 2.45) is 11.5 Å². The third-order valence-corrected chi connectivity index (χ3v) is 1.77. The van der Waals surface area contributed by atoms with Crippen LogP contribution in [0.2, 0.25) is 10.0 Å². The van der Waals surface area contributed by atoms with Crippen LogP contribution in [-0.4, -0.2) is 5.96 Å². The molecule has 1 aromatic rings. The maximum absolute atomic E-state index is 5.79. The quantitative estimate of drug-likeness (QED) is 0.380. The van der Waals surface area contributed by atoms with Crippen LogP contribution >= 0.6 is 23.2 Å². The largest absolute Gasteiger partial charge is 1.00 e. The van der Waals surface area contributed by atoms with Crippen LogP contribution in [-0.2, 0) is 0 Å². The topological polar surface area (TPSA) is 66.0 Å². The molecule has 0 aliphatic rings. The molecule has 3 nitrogen and oxygen atoms in total. The molecule has 0 radical (unpaired) electrons. The van der Waals surface area contributed by atoms with Crippen molar-refractivity contribution >= 4 is 34.8 Å². The minimum atomic E-state index is 0. The average molecular weight is 285 g/mol. The number of rotatable bonds is 1. The molecule has 0 aliphatic carbocycles. The van der Waals surface area contributed by atoms with Crippen molar-refractivity contribution in [1.82, 2.24) is 0 Å². The predicted molar refractivity (Wildman–Crippen MR) is 50.5 cm³/mol. The van der Waals surface area contributed by atoms with Gasteiger partial charge in [0.05, 0.1) is 5.02 Å². The molecule has 5 N–H and O–H groups in total. The molecule has 1 rings (SSSR count). The molecule has 0 saturated heterocycles. The molecule has 0 saturated carbocycles. The molecule has 0 atom stereocenters. The average Bonchev–Trinajstić information content (AvgIpc) is 1.96. The van der Waals surface area contributed by atoms with Crippen LogP contribution < -0.4 is 33.4 Å². The lowest BCUT2D eigenvalue weighted by Crippen LogP contribution is -3.00. The summed E-state index contributed by atoms with van der Waals surface area (Å²) < 4.78 is 0. The second-order valence-corrected chi connectivity index (χ2v) is 3.05. The second-order valence-electron chi connectivity index (χ2n) is 2.20. The molecule has 1 aromatic carbocycles. The summed E-state index contributed by atoms with van der Waals surface area (Å²) in [5.41, 5.74) is 11.1. The molecule has 6 heteroatoms. The van der Waals surface area contributed by atoms with Crippen LogP contribution in [0.15, 0.2) is 18.2 Å². The van der Waals surface area contributed by atoms with Crippen molar-refractivity contribution in [2.75, 3.05) is 0 Å². The lowest BCUT2D eigenvalue weighted by atomic mass is 10.3. The van der Waals surface area contributed by atoms with Crippen LogP contribution in [0.25, 0.3) is 0 Å². The Morgan fingerprint density at radius 1 is 1.23 bits per heavy atom. The van der Waals surface area contributed by atoms with E-state index in [0.29, 0.717) is 15.7 Å². The molecular weight excluding hydrogens is 277 g/mol. The fourth-order valence-corrected chi connectivity index (χ4v) is 1.09. The van der Waals surface area contributed by atoms with E-state index in [1.54, 1.807) is 18.2 Å². The molecule has 0 bridgehead atoms. The highest BCUT2D eigenvalue weighted by Gasteiger charge is 2.00. The molecule has 0 unspecified atom stereocenters. The Hall–Kier alpha value is -0.450. The Labute approximate surface area is 96.5 Å². The monoisotopic (exact) mass is 283 g/mol. The van der Waals surface area contributed by atoms with Gasteiger partial charge in [-0.2, -0.15) is 0 Å². The van der Waals surface area contributed by atoms with Crippen LogP contribution in [0, 0.1) is 0 Å². The highest BCUT2D eigenvalue weighted by Crippen LogP contribution is 2.20. The summed E-state index contributed by atoms with van der Waals surface area (Å²) in [5, 5.41) is 1.09. The van der Waals surface area contributed by atoms with Crippen LogP contribution in [0.4, 0.5) is 5.69 Å². The van der Waals surface area contributed by atoms with E-state index in [1.165, 1.54) is 0 Å². The summed E-state index contributed by atoms with van der Waals surface area (Å²) >= 11 is 11.5. The first-order valence-corrected chi connectivity index (χ1v) is 3.95. The third-order valence-electron chi connectivity index (χ3n) is 1.21. The normalized spacial score (nSPS) is 8.77. The maximum Gasteiger partial charge on any atom is 0.343 e. The van der Waals surface area contributed by atoms with Gasteiger partial charge >= 0.3 is 5.96 Å². The van der Waals surface area contributed by atoms with Gasteiger partial charge in [-0.25, -0.2) is 4.99 Å². The molecule has 0 amide bonds. The van der Waals surface area contributed by atoms with Gasteiger partial charge < -0.3 is 17.0 Å². The molecule has 72 valence electrons. The van der Waals surface area contributed by atoms with E-state index in [2.05, 4.69) is 4.99 Å². The van der Waals surface area contributed by atoms with Gasteiger partial charge in [-0.1, -0.05) is 23.2 Å². The number of hydrogen-bond donors (Lipinski definition) is 3. The summed E-state index contributed by atoms with van der Waals surface area (Å²) in [6.07, 6.45) is 0. The van der Waals surface area contributed by atoms with Crippen LogP contribution in [0.5, 0.6) is 0 Å². The van der Waals surface area contributed by atoms with Gasteiger partial charge in [0.15, 0.2) is 0 Å². The van der Waals surface area contributed by atoms with Gasteiger partial charge in [0, 0.05) is 5.02 Å². The molecule has 0 aliphatic heterocycles. The number of halogens is 3. The summed E-state index contributed by atoms with van der Waals surface area (Å²) in [5.74, 6) is 0.0826. The smallest absolute Gasteiger partial charge is 0.343 e. The van der Waals surface area contributed by atoms with E-state index >= 15 is 0 Å². The number of nitrogens with one attached hydrogen (secondary N) is 1. The van der Waals surface area contributed by atoms with Crippen molar-refractivity contribution < 1.29 is 22.0 Å². The molecular formula is C7H8BrCl2N3. The number of hydrogen-bond acceptors (Lipinski definition) is 0. The Morgan fingerprint density at radius 2 is 1.85 bits per heavy atom. The van der Waals surface area contributed by atoms with Gasteiger partial charge in [-0.15, -0.1) is 0 Å².